The van der Waals surface area contributed by atoms with E-state index in [1.807, 2.05) is 13.8 Å². The third kappa shape index (κ3) is 5.71. The monoisotopic (exact) mass is 368 g/mol. The van der Waals surface area contributed by atoms with Gasteiger partial charge in [-0.1, -0.05) is 46.5 Å². The van der Waals surface area contributed by atoms with Crippen LogP contribution in [0.15, 0.2) is 0 Å². The standard InChI is InChI=1S/C20H32O6/c1-4-7-10-11-14-15(20(23)24)16(21)17(22)19(26-13-9-6-3)18(14)25-12-8-5-2/h21-22H,4-13H2,1-3H3,(H,23,24). The molecule has 1 rings (SSSR count). The molecule has 0 amide bonds. The zero-order valence-corrected chi connectivity index (χ0v) is 16.1. The van der Waals surface area contributed by atoms with Gasteiger partial charge in [-0.05, 0) is 25.7 Å². The first-order chi connectivity index (χ1) is 12.5. The number of rotatable bonds is 13. The Hall–Kier alpha value is -2.11. The predicted molar refractivity (Wildman–Crippen MR) is 101 cm³/mol. The van der Waals surface area contributed by atoms with Crippen molar-refractivity contribution in [3.63, 3.8) is 0 Å². The van der Waals surface area contributed by atoms with Gasteiger partial charge in [0.2, 0.25) is 11.5 Å². The van der Waals surface area contributed by atoms with E-state index < -0.39 is 17.5 Å². The number of phenolic OH excluding ortho intramolecular Hbond substituents is 1. The third-order valence-electron chi connectivity index (χ3n) is 4.19. The first-order valence-corrected chi connectivity index (χ1v) is 9.59. The number of benzene rings is 1. The highest BCUT2D eigenvalue weighted by molar-refractivity contribution is 5.96. The molecule has 0 fully saturated rings. The largest absolute Gasteiger partial charge is 0.504 e. The summed E-state index contributed by atoms with van der Waals surface area (Å²) in [7, 11) is 0. The van der Waals surface area contributed by atoms with Crippen molar-refractivity contribution in [3.05, 3.63) is 11.1 Å². The van der Waals surface area contributed by atoms with Gasteiger partial charge in [-0.15, -0.1) is 0 Å². The molecule has 0 saturated heterocycles. The topological polar surface area (TPSA) is 96.2 Å². The van der Waals surface area contributed by atoms with Gasteiger partial charge in [0.25, 0.3) is 0 Å². The maximum absolute atomic E-state index is 11.7. The van der Waals surface area contributed by atoms with Gasteiger partial charge in [-0.3, -0.25) is 0 Å². The fraction of sp³-hybridized carbons (Fsp3) is 0.650. The van der Waals surface area contributed by atoms with E-state index in [0.29, 0.717) is 25.2 Å². The van der Waals surface area contributed by atoms with Crippen molar-refractivity contribution in [1.29, 1.82) is 0 Å². The highest BCUT2D eigenvalue weighted by Gasteiger charge is 2.29. The average molecular weight is 368 g/mol. The fourth-order valence-corrected chi connectivity index (χ4v) is 2.67. The molecule has 26 heavy (non-hydrogen) atoms. The number of aromatic hydroxyl groups is 2. The third-order valence-corrected chi connectivity index (χ3v) is 4.19. The van der Waals surface area contributed by atoms with Gasteiger partial charge in [0.05, 0.1) is 13.2 Å². The number of carbonyl (C=O) groups is 1. The lowest BCUT2D eigenvalue weighted by Crippen LogP contribution is -2.11. The summed E-state index contributed by atoms with van der Waals surface area (Å²) in [5.74, 6) is -2.21. The van der Waals surface area contributed by atoms with Crippen molar-refractivity contribution in [3.8, 4) is 23.0 Å². The molecule has 0 bridgehead atoms. The highest BCUT2D eigenvalue weighted by atomic mass is 16.5. The molecule has 0 radical (unpaired) electrons. The summed E-state index contributed by atoms with van der Waals surface area (Å²) in [4.78, 5) is 11.7. The summed E-state index contributed by atoms with van der Waals surface area (Å²) in [6, 6.07) is 0. The second kappa shape index (κ2) is 11.5. The van der Waals surface area contributed by atoms with Crippen LogP contribution in [0.3, 0.4) is 0 Å². The second-order valence-corrected chi connectivity index (χ2v) is 6.38. The van der Waals surface area contributed by atoms with Crippen LogP contribution in [0.25, 0.3) is 0 Å². The Morgan fingerprint density at radius 1 is 0.808 bits per heavy atom. The Bertz CT molecular complexity index is 582. The fourth-order valence-electron chi connectivity index (χ4n) is 2.67. The lowest BCUT2D eigenvalue weighted by Gasteiger charge is -2.21. The molecule has 3 N–H and O–H groups in total. The zero-order chi connectivity index (χ0) is 19.5. The van der Waals surface area contributed by atoms with Crippen LogP contribution >= 0.6 is 0 Å². The van der Waals surface area contributed by atoms with E-state index >= 15 is 0 Å². The maximum atomic E-state index is 11.7. The molecule has 0 aromatic heterocycles. The maximum Gasteiger partial charge on any atom is 0.340 e. The molecule has 1 aromatic rings. The number of carboxylic acid groups (broad SMARTS) is 1. The van der Waals surface area contributed by atoms with Crippen molar-refractivity contribution in [2.75, 3.05) is 13.2 Å². The van der Waals surface area contributed by atoms with Crippen LogP contribution in [0.4, 0.5) is 0 Å². The van der Waals surface area contributed by atoms with Crippen LogP contribution < -0.4 is 9.47 Å². The van der Waals surface area contributed by atoms with Gasteiger partial charge in [-0.25, -0.2) is 4.79 Å². The molecule has 0 heterocycles. The first kappa shape index (κ1) is 21.9. The molecular formula is C20H32O6. The molecule has 0 spiro atoms. The molecule has 6 heteroatoms. The highest BCUT2D eigenvalue weighted by Crippen LogP contribution is 2.49. The molecule has 0 aliphatic rings. The molecule has 0 saturated carbocycles. The number of ether oxygens (including phenoxy) is 2. The van der Waals surface area contributed by atoms with Gasteiger partial charge >= 0.3 is 5.97 Å². The Morgan fingerprint density at radius 2 is 1.35 bits per heavy atom. The van der Waals surface area contributed by atoms with Crippen molar-refractivity contribution in [1.82, 2.24) is 0 Å². The summed E-state index contributed by atoms with van der Waals surface area (Å²) < 4.78 is 11.5. The molecule has 0 atom stereocenters. The van der Waals surface area contributed by atoms with E-state index in [1.165, 1.54) is 0 Å². The molecule has 0 unspecified atom stereocenters. The molecule has 148 valence electrons. The minimum atomic E-state index is -1.29. The number of aromatic carboxylic acids is 1. The Kier molecular flexibility index (Phi) is 9.70. The van der Waals surface area contributed by atoms with E-state index in [9.17, 15) is 20.1 Å². The SMILES string of the molecule is CCCCCc1c(OCCCC)c(OCCCC)c(O)c(O)c1C(=O)O. The van der Waals surface area contributed by atoms with E-state index in [-0.39, 0.29) is 17.1 Å². The van der Waals surface area contributed by atoms with Crippen LogP contribution in [0.2, 0.25) is 0 Å². The lowest BCUT2D eigenvalue weighted by molar-refractivity contribution is 0.0690. The Balaban J connectivity index is 3.41. The van der Waals surface area contributed by atoms with Crippen molar-refractivity contribution in [2.45, 2.75) is 72.1 Å². The first-order valence-electron chi connectivity index (χ1n) is 9.59. The van der Waals surface area contributed by atoms with E-state index in [0.717, 1.165) is 44.9 Å². The van der Waals surface area contributed by atoms with Gasteiger partial charge in [0, 0.05) is 5.56 Å². The van der Waals surface area contributed by atoms with E-state index in [2.05, 4.69) is 6.92 Å². The van der Waals surface area contributed by atoms with E-state index in [4.69, 9.17) is 9.47 Å². The zero-order valence-electron chi connectivity index (χ0n) is 16.1. The number of unbranched alkanes of at least 4 members (excludes halogenated alkanes) is 4. The summed E-state index contributed by atoms with van der Waals surface area (Å²) in [6.07, 6.45) is 6.53. The molecule has 6 nitrogen and oxygen atoms in total. The quantitative estimate of drug-likeness (QED) is 0.339. The minimum absolute atomic E-state index is 0.0450. The van der Waals surface area contributed by atoms with Crippen molar-refractivity contribution >= 4 is 5.97 Å². The summed E-state index contributed by atoms with van der Waals surface area (Å²) in [6.45, 7) is 6.85. The van der Waals surface area contributed by atoms with Gasteiger partial charge in [0.15, 0.2) is 11.5 Å². The normalized spacial score (nSPS) is 10.7. The van der Waals surface area contributed by atoms with Gasteiger partial charge < -0.3 is 24.8 Å². The average Bonchev–Trinajstić information content (AvgIpc) is 2.61. The number of carboxylic acids is 1. The molecular weight excluding hydrogens is 336 g/mol. The van der Waals surface area contributed by atoms with Crippen LogP contribution in [-0.4, -0.2) is 34.5 Å². The number of phenols is 2. The second-order valence-electron chi connectivity index (χ2n) is 6.38. The van der Waals surface area contributed by atoms with Crippen molar-refractivity contribution in [2.24, 2.45) is 0 Å². The van der Waals surface area contributed by atoms with Crippen molar-refractivity contribution < 1.29 is 29.6 Å². The molecule has 0 aliphatic heterocycles. The van der Waals surface area contributed by atoms with Crippen LogP contribution in [0, 0.1) is 0 Å². The lowest BCUT2D eigenvalue weighted by atomic mass is 9.97. The van der Waals surface area contributed by atoms with Crippen LogP contribution in [-0.2, 0) is 6.42 Å². The Labute approximate surface area is 155 Å². The minimum Gasteiger partial charge on any atom is -0.504 e. The molecule has 1 aromatic carbocycles. The predicted octanol–water partition coefficient (Wildman–Crippen LogP) is 4.89. The smallest absolute Gasteiger partial charge is 0.340 e. The summed E-state index contributed by atoms with van der Waals surface area (Å²) in [5.41, 5.74) is 0.0943. The van der Waals surface area contributed by atoms with Gasteiger partial charge in [0.1, 0.15) is 5.56 Å². The molecule has 0 aliphatic carbocycles. The van der Waals surface area contributed by atoms with Crippen LogP contribution in [0.1, 0.15) is 81.6 Å². The van der Waals surface area contributed by atoms with Crippen LogP contribution in [0.5, 0.6) is 23.0 Å². The number of hydrogen-bond acceptors (Lipinski definition) is 5. The Morgan fingerprint density at radius 3 is 1.85 bits per heavy atom. The van der Waals surface area contributed by atoms with E-state index in [1.54, 1.807) is 0 Å². The van der Waals surface area contributed by atoms with Gasteiger partial charge in [-0.2, -0.15) is 0 Å². The number of hydrogen-bond donors (Lipinski definition) is 3. The summed E-state index contributed by atoms with van der Waals surface area (Å²) >= 11 is 0. The summed E-state index contributed by atoms with van der Waals surface area (Å²) in [5, 5.41) is 30.2.